The summed E-state index contributed by atoms with van der Waals surface area (Å²) in [6.45, 7) is 4.21. The van der Waals surface area contributed by atoms with Gasteiger partial charge in [0.15, 0.2) is 11.6 Å². The number of hydrogen-bond acceptors (Lipinski definition) is 5. The number of allylic oxidation sites excluding steroid dienone is 4. The van der Waals surface area contributed by atoms with Gasteiger partial charge in [0.25, 0.3) is 0 Å². The van der Waals surface area contributed by atoms with E-state index in [9.17, 15) is 14.7 Å². The zero-order chi connectivity index (χ0) is 21.9. The van der Waals surface area contributed by atoms with Crippen LogP contribution >= 0.6 is 27.5 Å². The van der Waals surface area contributed by atoms with E-state index in [-0.39, 0.29) is 36.1 Å². The van der Waals surface area contributed by atoms with Gasteiger partial charge in [0.05, 0.1) is 16.3 Å². The van der Waals surface area contributed by atoms with E-state index >= 15 is 0 Å². The second-order valence-corrected chi connectivity index (χ2v) is 11.3. The third kappa shape index (κ3) is 2.70. The number of ether oxygens (including phenoxy) is 2. The molecule has 1 N–H and O–H groups in total. The highest BCUT2D eigenvalue weighted by Crippen LogP contribution is 2.71. The van der Waals surface area contributed by atoms with Gasteiger partial charge < -0.3 is 14.6 Å². The Kier molecular flexibility index (Phi) is 5.67. The summed E-state index contributed by atoms with van der Waals surface area (Å²) in [6.07, 6.45) is 8.06. The first-order chi connectivity index (χ1) is 14.1. The molecule has 0 aromatic heterocycles. The van der Waals surface area contributed by atoms with Gasteiger partial charge in [0, 0.05) is 17.9 Å². The molecule has 0 bridgehead atoms. The third-order valence-electron chi connectivity index (χ3n) is 8.76. The molecule has 0 aromatic carbocycles. The van der Waals surface area contributed by atoms with E-state index in [4.69, 9.17) is 21.1 Å². The predicted molar refractivity (Wildman–Crippen MR) is 118 cm³/mol. The van der Waals surface area contributed by atoms with Crippen molar-refractivity contribution in [2.24, 2.45) is 22.7 Å². The summed E-state index contributed by atoms with van der Waals surface area (Å²) in [5, 5.41) is 11.6. The quantitative estimate of drug-likeness (QED) is 0.456. The van der Waals surface area contributed by atoms with Gasteiger partial charge >= 0.3 is 0 Å². The van der Waals surface area contributed by atoms with Crippen molar-refractivity contribution in [2.75, 3.05) is 19.8 Å². The first-order valence-corrected chi connectivity index (χ1v) is 12.0. The van der Waals surface area contributed by atoms with E-state index in [2.05, 4.69) is 29.8 Å². The van der Waals surface area contributed by atoms with Crippen molar-refractivity contribution in [3.8, 4) is 0 Å². The van der Waals surface area contributed by atoms with Gasteiger partial charge in [0.2, 0.25) is 0 Å². The maximum absolute atomic E-state index is 13.1. The number of rotatable bonds is 5. The Morgan fingerprint density at radius 3 is 2.73 bits per heavy atom. The topological polar surface area (TPSA) is 72.8 Å². The van der Waals surface area contributed by atoms with Crippen LogP contribution in [0.5, 0.6) is 0 Å². The maximum Gasteiger partial charge on any atom is 0.179 e. The molecule has 3 fully saturated rings. The molecule has 7 atom stereocenters. The minimum Gasteiger partial charge on any atom is -0.392 e. The third-order valence-corrected chi connectivity index (χ3v) is 10.9. The van der Waals surface area contributed by atoms with Gasteiger partial charge in [-0.05, 0) is 56.1 Å². The van der Waals surface area contributed by atoms with Gasteiger partial charge in [-0.25, -0.2) is 0 Å². The SMILES string of the molecule is COCO[C@]1(C(=O)CCl)CC[C@H]2[C@@H]3CCC4=CC(=O)C=C[C@]4(C)[C@@]3(Br)[C@@H](O)C[C@@]21C. The molecule has 3 saturated carbocycles. The van der Waals surface area contributed by atoms with Crippen LogP contribution in [0.3, 0.4) is 0 Å². The Morgan fingerprint density at radius 2 is 2.07 bits per heavy atom. The Hall–Kier alpha value is -0.530. The smallest absolute Gasteiger partial charge is 0.179 e. The number of aliphatic hydroxyl groups is 1. The summed E-state index contributed by atoms with van der Waals surface area (Å²) >= 11 is 10.1. The lowest BCUT2D eigenvalue weighted by atomic mass is 9.46. The Labute approximate surface area is 191 Å². The minimum atomic E-state index is -1.06. The van der Waals surface area contributed by atoms with Crippen LogP contribution in [0.4, 0.5) is 0 Å². The van der Waals surface area contributed by atoms with Gasteiger partial charge in [-0.2, -0.15) is 0 Å². The summed E-state index contributed by atoms with van der Waals surface area (Å²) in [6, 6.07) is 0. The van der Waals surface area contributed by atoms with Crippen LogP contribution in [-0.4, -0.2) is 52.5 Å². The number of alkyl halides is 2. The van der Waals surface area contributed by atoms with Gasteiger partial charge in [-0.15, -0.1) is 11.6 Å². The zero-order valence-electron chi connectivity index (χ0n) is 17.7. The fourth-order valence-electron chi connectivity index (χ4n) is 7.24. The highest BCUT2D eigenvalue weighted by atomic mass is 79.9. The lowest BCUT2D eigenvalue weighted by Crippen LogP contribution is -2.68. The molecule has 4 aliphatic carbocycles. The van der Waals surface area contributed by atoms with Crippen molar-refractivity contribution in [1.29, 1.82) is 0 Å². The molecule has 0 aliphatic heterocycles. The molecule has 0 heterocycles. The second-order valence-electron chi connectivity index (χ2n) is 9.74. The first kappa shape index (κ1) is 22.7. The van der Waals surface area contributed by atoms with Crippen LogP contribution in [0.2, 0.25) is 0 Å². The molecule has 4 rings (SSSR count). The summed E-state index contributed by atoms with van der Waals surface area (Å²) < 4.78 is 10.7. The average Bonchev–Trinajstić information content (AvgIpc) is 3.00. The number of carbonyl (C=O) groups excluding carboxylic acids is 2. The number of fused-ring (bicyclic) bond motifs is 5. The summed E-state index contributed by atoms with van der Waals surface area (Å²) in [4.78, 5) is 25.1. The molecule has 0 saturated heterocycles. The van der Waals surface area contributed by atoms with Crippen LogP contribution in [0.15, 0.2) is 23.8 Å². The number of aliphatic hydroxyl groups excluding tert-OH is 1. The fraction of sp³-hybridized carbons (Fsp3) is 0.739. The van der Waals surface area contributed by atoms with E-state index in [0.29, 0.717) is 12.8 Å². The van der Waals surface area contributed by atoms with Gasteiger partial charge in [-0.1, -0.05) is 41.4 Å². The van der Waals surface area contributed by atoms with Crippen LogP contribution in [0, 0.1) is 22.7 Å². The maximum atomic E-state index is 13.1. The molecular weight excluding hydrogens is 472 g/mol. The van der Waals surface area contributed by atoms with Gasteiger partial charge in [-0.3, -0.25) is 9.59 Å². The molecule has 166 valence electrons. The summed E-state index contributed by atoms with van der Waals surface area (Å²) in [5.74, 6) is 0.0527. The Morgan fingerprint density at radius 1 is 1.33 bits per heavy atom. The summed E-state index contributed by atoms with van der Waals surface area (Å²) in [5.41, 5.74) is -0.993. The minimum absolute atomic E-state index is 0.00715. The van der Waals surface area contributed by atoms with Crippen LogP contribution in [0.25, 0.3) is 0 Å². The lowest BCUT2D eigenvalue weighted by molar-refractivity contribution is -0.207. The van der Waals surface area contributed by atoms with Crippen molar-refractivity contribution in [1.82, 2.24) is 0 Å². The Bertz CT molecular complexity index is 826. The van der Waals surface area contributed by atoms with E-state index in [0.717, 1.165) is 24.8 Å². The van der Waals surface area contributed by atoms with E-state index < -0.39 is 26.9 Å². The molecule has 0 unspecified atom stereocenters. The van der Waals surface area contributed by atoms with E-state index in [1.807, 2.05) is 6.08 Å². The molecule has 4 aliphatic rings. The number of carbonyl (C=O) groups is 2. The Balaban J connectivity index is 1.79. The van der Waals surface area contributed by atoms with Crippen molar-refractivity contribution in [3.63, 3.8) is 0 Å². The normalized spacial score (nSPS) is 47.3. The molecule has 0 amide bonds. The largest absolute Gasteiger partial charge is 0.392 e. The van der Waals surface area contributed by atoms with Crippen LogP contribution < -0.4 is 0 Å². The van der Waals surface area contributed by atoms with Crippen molar-refractivity contribution >= 4 is 39.1 Å². The number of halogens is 2. The number of methoxy groups -OCH3 is 1. The number of ketones is 2. The molecular formula is C23H30BrClO5. The van der Waals surface area contributed by atoms with E-state index in [1.54, 1.807) is 19.3 Å². The highest BCUT2D eigenvalue weighted by molar-refractivity contribution is 9.10. The molecule has 7 heteroatoms. The predicted octanol–water partition coefficient (Wildman–Crippen LogP) is 3.95. The molecule has 0 radical (unpaired) electrons. The van der Waals surface area contributed by atoms with Crippen molar-refractivity contribution in [2.45, 2.75) is 62.0 Å². The second kappa shape index (κ2) is 7.51. The fourth-order valence-corrected chi connectivity index (χ4v) is 8.55. The van der Waals surface area contributed by atoms with Crippen LogP contribution in [-0.2, 0) is 19.1 Å². The lowest BCUT2D eigenvalue weighted by Gasteiger charge is -2.64. The average molecular weight is 502 g/mol. The zero-order valence-corrected chi connectivity index (χ0v) is 20.1. The van der Waals surface area contributed by atoms with Crippen molar-refractivity contribution in [3.05, 3.63) is 23.8 Å². The monoisotopic (exact) mass is 500 g/mol. The van der Waals surface area contributed by atoms with E-state index in [1.165, 1.54) is 0 Å². The molecule has 0 spiro atoms. The van der Waals surface area contributed by atoms with Crippen LogP contribution in [0.1, 0.15) is 46.0 Å². The highest BCUT2D eigenvalue weighted by Gasteiger charge is 2.73. The summed E-state index contributed by atoms with van der Waals surface area (Å²) in [7, 11) is 1.54. The number of hydrogen-bond donors (Lipinski definition) is 1. The molecule has 5 nitrogen and oxygen atoms in total. The van der Waals surface area contributed by atoms with Gasteiger partial charge in [0.1, 0.15) is 12.4 Å². The number of Topliss-reactive ketones (excluding diaryl/α,β-unsaturated/α-hetero) is 1. The molecule has 0 aromatic rings. The molecule has 30 heavy (non-hydrogen) atoms. The standard InChI is InChI=1S/C23H30BrClO5/c1-20-8-6-15(26)10-14(20)4-5-17-16-7-9-22(19(28)12-25,30-13-29-3)21(16,2)11-18(27)23(17,20)24/h6,8,10,16-18,27H,4-5,7,9,11-13H2,1-3H3/t16-,17-,18-,20-,21-,22-,23-/m0/s1. The first-order valence-electron chi connectivity index (χ1n) is 10.6. The van der Waals surface area contributed by atoms with Crippen molar-refractivity contribution < 1.29 is 24.2 Å².